The van der Waals surface area contributed by atoms with Crippen molar-refractivity contribution >= 4 is 21.6 Å². The number of nitrogens with one attached hydrogen (secondary N) is 1. The van der Waals surface area contributed by atoms with Gasteiger partial charge in [-0.15, -0.1) is 0 Å². The van der Waals surface area contributed by atoms with Crippen LogP contribution in [0.15, 0.2) is 28.7 Å². The quantitative estimate of drug-likeness (QED) is 0.896. The molecule has 0 radical (unpaired) electrons. The Morgan fingerprint density at radius 1 is 1.53 bits per heavy atom. The first kappa shape index (κ1) is 12.4. The molecule has 1 aromatic rings. The summed E-state index contributed by atoms with van der Waals surface area (Å²) in [7, 11) is 0. The summed E-state index contributed by atoms with van der Waals surface area (Å²) in [6.45, 7) is 1.99. The van der Waals surface area contributed by atoms with E-state index in [1.165, 1.54) is 19.3 Å². The molecule has 1 fully saturated rings. The summed E-state index contributed by atoms with van der Waals surface area (Å²) < 4.78 is 1.03. The lowest BCUT2D eigenvalue weighted by atomic mass is 9.77. The van der Waals surface area contributed by atoms with E-state index in [0.717, 1.165) is 22.5 Å². The normalized spacial score (nSPS) is 18.9. The van der Waals surface area contributed by atoms with E-state index in [1.807, 2.05) is 31.2 Å². The number of nitrogens with zero attached hydrogens (tertiary/aromatic N) is 1. The number of halogens is 1. The molecule has 0 amide bonds. The van der Waals surface area contributed by atoms with Crippen LogP contribution in [-0.4, -0.2) is 5.54 Å². The van der Waals surface area contributed by atoms with Crippen LogP contribution >= 0.6 is 15.9 Å². The van der Waals surface area contributed by atoms with Crippen molar-refractivity contribution in [3.8, 4) is 6.07 Å². The molecule has 0 saturated heterocycles. The van der Waals surface area contributed by atoms with Crippen LogP contribution in [0.1, 0.15) is 32.6 Å². The van der Waals surface area contributed by atoms with E-state index in [4.69, 9.17) is 0 Å². The second kappa shape index (κ2) is 5.10. The number of benzene rings is 1. The van der Waals surface area contributed by atoms with Crippen molar-refractivity contribution in [2.75, 3.05) is 5.32 Å². The Morgan fingerprint density at radius 2 is 2.29 bits per heavy atom. The molecule has 90 valence electrons. The van der Waals surface area contributed by atoms with Crippen LogP contribution in [0.4, 0.5) is 5.69 Å². The molecule has 0 aliphatic heterocycles. The van der Waals surface area contributed by atoms with E-state index in [-0.39, 0.29) is 0 Å². The molecule has 2 rings (SSSR count). The maximum atomic E-state index is 9.36. The SMILES string of the molecule is CC(C#N)(CC1CCC1)Nc1cccc(Br)c1. The van der Waals surface area contributed by atoms with Crippen molar-refractivity contribution in [1.29, 1.82) is 5.26 Å². The first-order valence-corrected chi connectivity index (χ1v) is 6.86. The lowest BCUT2D eigenvalue weighted by Gasteiger charge is -2.33. The van der Waals surface area contributed by atoms with Gasteiger partial charge in [0.05, 0.1) is 6.07 Å². The predicted molar refractivity (Wildman–Crippen MR) is 73.7 cm³/mol. The van der Waals surface area contributed by atoms with Crippen molar-refractivity contribution in [2.45, 2.75) is 38.1 Å². The topological polar surface area (TPSA) is 35.8 Å². The molecule has 17 heavy (non-hydrogen) atoms. The number of rotatable bonds is 4. The van der Waals surface area contributed by atoms with E-state index in [9.17, 15) is 5.26 Å². The summed E-state index contributed by atoms with van der Waals surface area (Å²) >= 11 is 3.44. The van der Waals surface area contributed by atoms with E-state index in [1.54, 1.807) is 0 Å². The molecule has 1 aliphatic carbocycles. The average Bonchev–Trinajstić information content (AvgIpc) is 2.24. The van der Waals surface area contributed by atoms with Gasteiger partial charge in [0.2, 0.25) is 0 Å². The lowest BCUT2D eigenvalue weighted by Crippen LogP contribution is -2.36. The fraction of sp³-hybridized carbons (Fsp3) is 0.500. The molecule has 1 unspecified atom stereocenters. The molecular formula is C14H17BrN2. The highest BCUT2D eigenvalue weighted by Crippen LogP contribution is 2.35. The van der Waals surface area contributed by atoms with Crippen LogP contribution in [0, 0.1) is 17.2 Å². The van der Waals surface area contributed by atoms with Crippen molar-refractivity contribution < 1.29 is 0 Å². The maximum absolute atomic E-state index is 9.36. The Balaban J connectivity index is 2.05. The second-order valence-electron chi connectivity index (χ2n) is 5.08. The number of hydrogen-bond donors (Lipinski definition) is 1. The van der Waals surface area contributed by atoms with Crippen LogP contribution in [0.25, 0.3) is 0 Å². The Bertz CT molecular complexity index is 434. The minimum absolute atomic E-state index is 0.452. The molecule has 1 aromatic carbocycles. The first-order valence-electron chi connectivity index (χ1n) is 6.06. The monoisotopic (exact) mass is 292 g/mol. The molecule has 1 atom stereocenters. The van der Waals surface area contributed by atoms with Gasteiger partial charge in [0.25, 0.3) is 0 Å². The Hall–Kier alpha value is -1.01. The number of nitriles is 1. The third-order valence-electron chi connectivity index (χ3n) is 3.41. The largest absolute Gasteiger partial charge is 0.368 e. The predicted octanol–water partition coefficient (Wildman–Crippen LogP) is 4.33. The average molecular weight is 293 g/mol. The van der Waals surface area contributed by atoms with Gasteiger partial charge in [-0.25, -0.2) is 0 Å². The molecule has 0 bridgehead atoms. The van der Waals surface area contributed by atoms with Crippen molar-refractivity contribution in [2.24, 2.45) is 5.92 Å². The summed E-state index contributed by atoms with van der Waals surface area (Å²) in [6.07, 6.45) is 4.81. The molecular weight excluding hydrogens is 276 g/mol. The zero-order valence-electron chi connectivity index (χ0n) is 10.0. The molecule has 1 saturated carbocycles. The van der Waals surface area contributed by atoms with Gasteiger partial charge in [-0.3, -0.25) is 0 Å². The molecule has 1 aliphatic rings. The van der Waals surface area contributed by atoms with Gasteiger partial charge in [-0.1, -0.05) is 41.3 Å². The minimum Gasteiger partial charge on any atom is -0.368 e. The molecule has 2 nitrogen and oxygen atoms in total. The van der Waals surface area contributed by atoms with E-state index in [2.05, 4.69) is 27.3 Å². The summed E-state index contributed by atoms with van der Waals surface area (Å²) in [5.41, 5.74) is 0.550. The van der Waals surface area contributed by atoms with Crippen molar-refractivity contribution in [1.82, 2.24) is 0 Å². The fourth-order valence-corrected chi connectivity index (χ4v) is 2.68. The highest BCUT2D eigenvalue weighted by Gasteiger charge is 2.30. The van der Waals surface area contributed by atoms with E-state index in [0.29, 0.717) is 0 Å². The summed E-state index contributed by atoms with van der Waals surface area (Å²) in [5, 5.41) is 12.7. The van der Waals surface area contributed by atoms with Crippen LogP contribution in [-0.2, 0) is 0 Å². The first-order chi connectivity index (χ1) is 8.11. The number of anilines is 1. The van der Waals surface area contributed by atoms with Gasteiger partial charge in [-0.05, 0) is 37.5 Å². The maximum Gasteiger partial charge on any atom is 0.122 e. The van der Waals surface area contributed by atoms with Gasteiger partial charge in [0.1, 0.15) is 5.54 Å². The van der Waals surface area contributed by atoms with Crippen molar-refractivity contribution in [3.05, 3.63) is 28.7 Å². The molecule has 1 N–H and O–H groups in total. The zero-order chi connectivity index (χ0) is 12.3. The lowest BCUT2D eigenvalue weighted by molar-refractivity contribution is 0.267. The Labute approximate surface area is 111 Å². The van der Waals surface area contributed by atoms with E-state index >= 15 is 0 Å². The summed E-state index contributed by atoms with van der Waals surface area (Å²) in [4.78, 5) is 0. The highest BCUT2D eigenvalue weighted by atomic mass is 79.9. The van der Waals surface area contributed by atoms with Crippen molar-refractivity contribution in [3.63, 3.8) is 0 Å². The van der Waals surface area contributed by atoms with E-state index < -0.39 is 5.54 Å². The summed E-state index contributed by atoms with van der Waals surface area (Å²) in [5.74, 6) is 0.722. The molecule has 0 spiro atoms. The van der Waals surface area contributed by atoms with Crippen LogP contribution in [0.3, 0.4) is 0 Å². The highest BCUT2D eigenvalue weighted by molar-refractivity contribution is 9.10. The third kappa shape index (κ3) is 3.23. The molecule has 3 heteroatoms. The summed E-state index contributed by atoms with van der Waals surface area (Å²) in [6, 6.07) is 10.4. The van der Waals surface area contributed by atoms with Crippen LogP contribution in [0.2, 0.25) is 0 Å². The van der Waals surface area contributed by atoms with Crippen LogP contribution in [0.5, 0.6) is 0 Å². The van der Waals surface area contributed by atoms with Gasteiger partial charge < -0.3 is 5.32 Å². The molecule has 0 aromatic heterocycles. The third-order valence-corrected chi connectivity index (χ3v) is 3.91. The van der Waals surface area contributed by atoms with Gasteiger partial charge in [0.15, 0.2) is 0 Å². The fourth-order valence-electron chi connectivity index (χ4n) is 2.28. The molecule has 0 heterocycles. The zero-order valence-corrected chi connectivity index (χ0v) is 11.6. The minimum atomic E-state index is -0.452. The second-order valence-corrected chi connectivity index (χ2v) is 6.00. The standard InChI is InChI=1S/C14H17BrN2/c1-14(10-16,9-11-4-2-5-11)17-13-7-3-6-12(15)8-13/h3,6-8,11,17H,2,4-5,9H2,1H3. The van der Waals surface area contributed by atoms with Gasteiger partial charge in [-0.2, -0.15) is 5.26 Å². The van der Waals surface area contributed by atoms with Gasteiger partial charge in [0, 0.05) is 10.2 Å². The van der Waals surface area contributed by atoms with Crippen LogP contribution < -0.4 is 5.32 Å². The Morgan fingerprint density at radius 3 is 2.82 bits per heavy atom. The number of hydrogen-bond acceptors (Lipinski definition) is 2. The Kier molecular flexibility index (Phi) is 3.73. The smallest absolute Gasteiger partial charge is 0.122 e. The van der Waals surface area contributed by atoms with Gasteiger partial charge >= 0.3 is 0 Å².